The van der Waals surface area contributed by atoms with Gasteiger partial charge in [0.25, 0.3) is 0 Å². The lowest BCUT2D eigenvalue weighted by molar-refractivity contribution is 0.544. The van der Waals surface area contributed by atoms with Crippen LogP contribution in [0.3, 0.4) is 0 Å². The largest absolute Gasteiger partial charge is 0.323 e. The van der Waals surface area contributed by atoms with E-state index >= 15 is 0 Å². The van der Waals surface area contributed by atoms with Crippen LogP contribution in [0.4, 0.5) is 0 Å². The number of hydrogen-bond donors (Lipinski definition) is 1. The topological polar surface area (TPSA) is 26.0 Å². The monoisotopic (exact) mass is 351 g/mol. The van der Waals surface area contributed by atoms with E-state index in [-0.39, 0.29) is 6.04 Å². The third-order valence-corrected chi connectivity index (χ3v) is 5.75. The lowest BCUT2D eigenvalue weighted by Gasteiger charge is -2.08. The maximum Gasteiger partial charge on any atom is 0.107 e. The van der Waals surface area contributed by atoms with Gasteiger partial charge in [0.05, 0.1) is 0 Å². The maximum atomic E-state index is 6.17. The van der Waals surface area contributed by atoms with Crippen molar-refractivity contribution in [1.29, 1.82) is 0 Å². The van der Waals surface area contributed by atoms with Crippen LogP contribution in [0.15, 0.2) is 10.5 Å². The Labute approximate surface area is 128 Å². The maximum absolute atomic E-state index is 6.17. The van der Waals surface area contributed by atoms with Gasteiger partial charge in [-0.05, 0) is 28.4 Å². The van der Waals surface area contributed by atoms with E-state index in [4.69, 9.17) is 17.3 Å². The SMILES string of the molecule is CCCCCCCCCC(N)c1cc(Br)c(Cl)s1. The number of hydrogen-bond acceptors (Lipinski definition) is 2. The van der Waals surface area contributed by atoms with E-state index in [9.17, 15) is 0 Å². The Morgan fingerprint density at radius 2 is 1.83 bits per heavy atom. The van der Waals surface area contributed by atoms with Crippen LogP contribution in [-0.2, 0) is 0 Å². The van der Waals surface area contributed by atoms with Gasteiger partial charge < -0.3 is 5.73 Å². The van der Waals surface area contributed by atoms with Crippen molar-refractivity contribution in [3.05, 3.63) is 19.8 Å². The highest BCUT2D eigenvalue weighted by Gasteiger charge is 2.11. The first-order valence-electron chi connectivity index (χ1n) is 6.85. The Balaban J connectivity index is 2.12. The molecule has 0 aromatic carbocycles. The fraction of sp³-hybridized carbons (Fsp3) is 0.714. The van der Waals surface area contributed by atoms with Crippen molar-refractivity contribution in [1.82, 2.24) is 0 Å². The molecule has 18 heavy (non-hydrogen) atoms. The molecule has 1 aromatic heterocycles. The molecule has 1 unspecified atom stereocenters. The standard InChI is InChI=1S/C14H23BrClNS/c1-2-3-4-5-6-7-8-9-12(17)13-10-11(15)14(16)18-13/h10,12H,2-9,17H2,1H3. The second-order valence-electron chi connectivity index (χ2n) is 4.79. The van der Waals surface area contributed by atoms with E-state index in [1.54, 1.807) is 11.3 Å². The van der Waals surface area contributed by atoms with Gasteiger partial charge in [-0.25, -0.2) is 0 Å². The molecule has 0 bridgehead atoms. The average molecular weight is 353 g/mol. The summed E-state index contributed by atoms with van der Waals surface area (Å²) in [6.07, 6.45) is 10.4. The van der Waals surface area contributed by atoms with Crippen LogP contribution in [0.1, 0.15) is 69.2 Å². The van der Waals surface area contributed by atoms with Gasteiger partial charge in [-0.1, -0.05) is 63.5 Å². The number of unbranched alkanes of at least 4 members (excludes halogenated alkanes) is 6. The molecule has 104 valence electrons. The van der Waals surface area contributed by atoms with E-state index in [1.807, 2.05) is 0 Å². The second kappa shape index (κ2) is 9.35. The molecule has 0 fully saturated rings. The predicted octanol–water partition coefficient (Wildman–Crippen LogP) is 6.30. The van der Waals surface area contributed by atoms with Gasteiger partial charge in [0, 0.05) is 15.4 Å². The Morgan fingerprint density at radius 3 is 2.39 bits per heavy atom. The molecule has 1 aromatic rings. The van der Waals surface area contributed by atoms with E-state index in [1.165, 1.54) is 49.8 Å². The van der Waals surface area contributed by atoms with Crippen LogP contribution >= 0.6 is 38.9 Å². The van der Waals surface area contributed by atoms with Gasteiger partial charge in [0.1, 0.15) is 4.34 Å². The van der Waals surface area contributed by atoms with Gasteiger partial charge >= 0.3 is 0 Å². The molecule has 1 nitrogen and oxygen atoms in total. The summed E-state index contributed by atoms with van der Waals surface area (Å²) in [5.41, 5.74) is 6.17. The lowest BCUT2D eigenvalue weighted by Crippen LogP contribution is -2.08. The summed E-state index contributed by atoms with van der Waals surface area (Å²) in [7, 11) is 0. The second-order valence-corrected chi connectivity index (χ2v) is 7.33. The fourth-order valence-electron chi connectivity index (χ4n) is 2.01. The zero-order valence-corrected chi connectivity index (χ0v) is 14.2. The fourth-order valence-corrected chi connectivity index (χ4v) is 3.78. The first kappa shape index (κ1) is 16.5. The summed E-state index contributed by atoms with van der Waals surface area (Å²) in [5, 5.41) is 0. The third-order valence-electron chi connectivity index (χ3n) is 3.15. The first-order chi connectivity index (χ1) is 8.65. The molecule has 0 saturated carbocycles. The molecule has 0 amide bonds. The molecule has 0 spiro atoms. The number of halogens is 2. The van der Waals surface area contributed by atoms with Crippen LogP contribution < -0.4 is 5.73 Å². The van der Waals surface area contributed by atoms with Gasteiger partial charge in [0.2, 0.25) is 0 Å². The molecule has 1 atom stereocenters. The summed E-state index contributed by atoms with van der Waals surface area (Å²) in [6.45, 7) is 2.25. The van der Waals surface area contributed by atoms with E-state index in [0.29, 0.717) is 0 Å². The summed E-state index contributed by atoms with van der Waals surface area (Å²) in [4.78, 5) is 1.19. The summed E-state index contributed by atoms with van der Waals surface area (Å²) < 4.78 is 1.78. The summed E-state index contributed by atoms with van der Waals surface area (Å²) in [6, 6.07) is 2.20. The van der Waals surface area contributed by atoms with Crippen molar-refractivity contribution in [2.75, 3.05) is 0 Å². The first-order valence-corrected chi connectivity index (χ1v) is 8.84. The Bertz CT molecular complexity index is 321. The van der Waals surface area contributed by atoms with Crippen molar-refractivity contribution in [2.45, 2.75) is 64.3 Å². The van der Waals surface area contributed by atoms with Crippen molar-refractivity contribution in [2.24, 2.45) is 5.73 Å². The van der Waals surface area contributed by atoms with Crippen molar-refractivity contribution in [3.8, 4) is 0 Å². The molecule has 0 aliphatic carbocycles. The molecular formula is C14H23BrClNS. The lowest BCUT2D eigenvalue weighted by atomic mass is 10.0. The van der Waals surface area contributed by atoms with Gasteiger partial charge in [0.15, 0.2) is 0 Å². The van der Waals surface area contributed by atoms with E-state index in [0.717, 1.165) is 15.2 Å². The third kappa shape index (κ3) is 6.05. The quantitative estimate of drug-likeness (QED) is 0.518. The van der Waals surface area contributed by atoms with Gasteiger partial charge in [-0.2, -0.15) is 0 Å². The molecule has 1 rings (SSSR count). The van der Waals surface area contributed by atoms with Crippen molar-refractivity contribution in [3.63, 3.8) is 0 Å². The average Bonchev–Trinajstić information content (AvgIpc) is 2.68. The minimum Gasteiger partial charge on any atom is -0.323 e. The van der Waals surface area contributed by atoms with Gasteiger partial charge in [-0.15, -0.1) is 11.3 Å². The zero-order valence-electron chi connectivity index (χ0n) is 11.1. The van der Waals surface area contributed by atoms with E-state index < -0.39 is 0 Å². The van der Waals surface area contributed by atoms with Crippen LogP contribution in [0, 0.1) is 0 Å². The smallest absolute Gasteiger partial charge is 0.107 e. The Morgan fingerprint density at radius 1 is 1.22 bits per heavy atom. The normalized spacial score (nSPS) is 12.9. The Hall–Kier alpha value is 0.430. The minimum atomic E-state index is 0.148. The summed E-state index contributed by atoms with van der Waals surface area (Å²) in [5.74, 6) is 0. The molecule has 0 aliphatic rings. The Kier molecular flexibility index (Phi) is 8.56. The van der Waals surface area contributed by atoms with Crippen LogP contribution in [-0.4, -0.2) is 0 Å². The molecule has 2 N–H and O–H groups in total. The zero-order chi connectivity index (χ0) is 13.4. The highest BCUT2D eigenvalue weighted by Crippen LogP contribution is 2.35. The predicted molar refractivity (Wildman–Crippen MR) is 86.6 cm³/mol. The number of nitrogens with two attached hydrogens (primary N) is 1. The minimum absolute atomic E-state index is 0.148. The molecule has 4 heteroatoms. The van der Waals surface area contributed by atoms with E-state index in [2.05, 4.69) is 28.9 Å². The molecule has 0 aliphatic heterocycles. The molecule has 1 heterocycles. The highest BCUT2D eigenvalue weighted by molar-refractivity contribution is 9.10. The molecule has 0 saturated heterocycles. The highest BCUT2D eigenvalue weighted by atomic mass is 79.9. The van der Waals surface area contributed by atoms with Crippen LogP contribution in [0.2, 0.25) is 4.34 Å². The van der Waals surface area contributed by atoms with Crippen LogP contribution in [0.5, 0.6) is 0 Å². The van der Waals surface area contributed by atoms with Crippen molar-refractivity contribution < 1.29 is 0 Å². The summed E-state index contributed by atoms with van der Waals surface area (Å²) >= 11 is 11.0. The van der Waals surface area contributed by atoms with Crippen LogP contribution in [0.25, 0.3) is 0 Å². The van der Waals surface area contributed by atoms with Gasteiger partial charge in [-0.3, -0.25) is 0 Å². The van der Waals surface area contributed by atoms with Crippen molar-refractivity contribution >= 4 is 38.9 Å². The molecular weight excluding hydrogens is 330 g/mol. The molecule has 0 radical (unpaired) electrons. The number of thiophene rings is 1. The number of rotatable bonds is 9.